The van der Waals surface area contributed by atoms with E-state index in [1.54, 1.807) is 6.08 Å². The first kappa shape index (κ1) is 48.8. The Balaban J connectivity index is 3.68. The molecule has 0 aliphatic heterocycles. The van der Waals surface area contributed by atoms with Crippen LogP contribution in [0.3, 0.4) is 0 Å². The van der Waals surface area contributed by atoms with Gasteiger partial charge in [0.15, 0.2) is 0 Å². The average Bonchev–Trinajstić information content (AvgIpc) is 3.11. The first-order chi connectivity index (χ1) is 24.5. The molecular formula is C45H87NO4. The second-order valence-electron chi connectivity index (χ2n) is 15.3. The van der Waals surface area contributed by atoms with Crippen molar-refractivity contribution in [2.24, 2.45) is 0 Å². The first-order valence-corrected chi connectivity index (χ1v) is 22.1. The number of hydrogen-bond acceptors (Lipinski definition) is 4. The van der Waals surface area contributed by atoms with Crippen LogP contribution in [0, 0.1) is 0 Å². The lowest BCUT2D eigenvalue weighted by Crippen LogP contribution is -2.45. The molecule has 3 atom stereocenters. The van der Waals surface area contributed by atoms with Gasteiger partial charge in [-0.15, -0.1) is 0 Å². The Morgan fingerprint density at radius 1 is 0.500 bits per heavy atom. The van der Waals surface area contributed by atoms with Gasteiger partial charge in [0.1, 0.15) is 0 Å². The Kier molecular flexibility index (Phi) is 39.6. The molecule has 0 spiro atoms. The van der Waals surface area contributed by atoms with Crippen LogP contribution >= 0.6 is 0 Å². The van der Waals surface area contributed by atoms with Crippen molar-refractivity contribution in [3.8, 4) is 0 Å². The number of carbonyl (C=O) groups is 1. The van der Waals surface area contributed by atoms with Gasteiger partial charge in [-0.2, -0.15) is 0 Å². The number of amides is 1. The van der Waals surface area contributed by atoms with E-state index in [4.69, 9.17) is 0 Å². The number of nitrogens with one attached hydrogen (secondary N) is 1. The minimum Gasteiger partial charge on any atom is -0.394 e. The van der Waals surface area contributed by atoms with Gasteiger partial charge in [-0.05, 0) is 44.9 Å². The molecule has 0 saturated heterocycles. The lowest BCUT2D eigenvalue weighted by Gasteiger charge is -2.21. The zero-order chi connectivity index (χ0) is 36.6. The van der Waals surface area contributed by atoms with Crippen LogP contribution in [-0.4, -0.2) is 46.1 Å². The van der Waals surface area contributed by atoms with Crippen molar-refractivity contribution in [3.63, 3.8) is 0 Å². The number of allylic oxidation sites excluding steroid dienone is 3. The van der Waals surface area contributed by atoms with E-state index in [1.165, 1.54) is 167 Å². The van der Waals surface area contributed by atoms with Crippen LogP contribution in [0.4, 0.5) is 0 Å². The maximum absolute atomic E-state index is 12.4. The number of aliphatic hydroxyl groups is 3. The monoisotopic (exact) mass is 706 g/mol. The van der Waals surface area contributed by atoms with Gasteiger partial charge in [0.2, 0.25) is 5.91 Å². The summed E-state index contributed by atoms with van der Waals surface area (Å²) in [6.07, 6.45) is 48.9. The molecule has 0 radical (unpaired) electrons. The summed E-state index contributed by atoms with van der Waals surface area (Å²) in [6.45, 7) is 4.22. The number of aliphatic hydroxyl groups excluding tert-OH is 3. The van der Waals surface area contributed by atoms with E-state index >= 15 is 0 Å². The van der Waals surface area contributed by atoms with Gasteiger partial charge in [-0.25, -0.2) is 0 Å². The first-order valence-electron chi connectivity index (χ1n) is 22.1. The molecule has 5 nitrogen and oxygen atoms in total. The van der Waals surface area contributed by atoms with Crippen molar-refractivity contribution < 1.29 is 20.1 Å². The van der Waals surface area contributed by atoms with Crippen molar-refractivity contribution in [2.75, 3.05) is 6.61 Å². The number of hydrogen-bond donors (Lipinski definition) is 4. The standard InChI is InChI=1S/C45H87NO4/c1-3-5-7-9-11-13-15-17-19-21-22-23-25-27-29-31-33-35-37-39-44(49)43(41-47)46-45(50)40-42(48)38-36-34-32-30-28-26-24-20-18-16-14-12-10-8-6-4-2/h26,28,37,39,42-44,47-49H,3-25,27,29-36,38,40-41H2,1-2H3,(H,46,50)/b28-26-,39-37+. The van der Waals surface area contributed by atoms with Crippen LogP contribution in [0.5, 0.6) is 0 Å². The molecule has 5 heteroatoms. The fraction of sp³-hybridized carbons (Fsp3) is 0.889. The third-order valence-corrected chi connectivity index (χ3v) is 10.2. The Labute approximate surface area is 312 Å². The quantitative estimate of drug-likeness (QED) is 0.0377. The van der Waals surface area contributed by atoms with Gasteiger partial charge in [-0.3, -0.25) is 4.79 Å². The van der Waals surface area contributed by atoms with Crippen LogP contribution in [0.15, 0.2) is 24.3 Å². The molecule has 296 valence electrons. The van der Waals surface area contributed by atoms with Crippen LogP contribution in [0.1, 0.15) is 232 Å². The maximum atomic E-state index is 12.4. The molecule has 0 aliphatic carbocycles. The SMILES string of the molecule is CCCCCCCCCCC/C=C\CCCCCC(O)CC(=O)NC(CO)C(O)/C=C/CCCCCCCCCCCCCCCCCCC. The van der Waals surface area contributed by atoms with Crippen molar-refractivity contribution in [1.29, 1.82) is 0 Å². The van der Waals surface area contributed by atoms with E-state index in [0.29, 0.717) is 6.42 Å². The van der Waals surface area contributed by atoms with Gasteiger partial charge in [0.25, 0.3) is 0 Å². The number of rotatable bonds is 40. The van der Waals surface area contributed by atoms with Gasteiger partial charge < -0.3 is 20.6 Å². The van der Waals surface area contributed by atoms with Gasteiger partial charge in [0, 0.05) is 0 Å². The Hall–Kier alpha value is -1.17. The van der Waals surface area contributed by atoms with E-state index in [2.05, 4.69) is 31.3 Å². The number of carbonyl (C=O) groups excluding carboxylic acids is 1. The molecular weight excluding hydrogens is 618 g/mol. The fourth-order valence-electron chi connectivity index (χ4n) is 6.81. The highest BCUT2D eigenvalue weighted by atomic mass is 16.3. The summed E-state index contributed by atoms with van der Waals surface area (Å²) in [6, 6.07) is -0.746. The molecule has 1 amide bonds. The lowest BCUT2D eigenvalue weighted by molar-refractivity contribution is -0.124. The van der Waals surface area contributed by atoms with E-state index < -0.39 is 18.2 Å². The molecule has 0 aliphatic rings. The van der Waals surface area contributed by atoms with Crippen LogP contribution in [-0.2, 0) is 4.79 Å². The highest BCUT2D eigenvalue weighted by Crippen LogP contribution is 2.15. The predicted molar refractivity (Wildman–Crippen MR) is 218 cm³/mol. The second-order valence-corrected chi connectivity index (χ2v) is 15.3. The highest BCUT2D eigenvalue weighted by molar-refractivity contribution is 5.76. The smallest absolute Gasteiger partial charge is 0.222 e. The minimum atomic E-state index is -0.930. The molecule has 50 heavy (non-hydrogen) atoms. The molecule has 0 bridgehead atoms. The summed E-state index contributed by atoms with van der Waals surface area (Å²) in [5, 5.41) is 33.2. The molecule has 0 aromatic carbocycles. The van der Waals surface area contributed by atoms with E-state index in [1.807, 2.05) is 6.08 Å². The molecule has 3 unspecified atom stereocenters. The second kappa shape index (κ2) is 40.6. The van der Waals surface area contributed by atoms with E-state index in [9.17, 15) is 20.1 Å². The van der Waals surface area contributed by atoms with Crippen molar-refractivity contribution in [3.05, 3.63) is 24.3 Å². The Bertz CT molecular complexity index is 739. The minimum absolute atomic E-state index is 0.00479. The maximum Gasteiger partial charge on any atom is 0.222 e. The van der Waals surface area contributed by atoms with Crippen molar-refractivity contribution in [2.45, 2.75) is 250 Å². The molecule has 0 rings (SSSR count). The lowest BCUT2D eigenvalue weighted by atomic mass is 10.0. The Morgan fingerprint density at radius 3 is 1.22 bits per heavy atom. The van der Waals surface area contributed by atoms with Crippen molar-refractivity contribution in [1.82, 2.24) is 5.32 Å². The highest BCUT2D eigenvalue weighted by Gasteiger charge is 2.20. The predicted octanol–water partition coefficient (Wildman–Crippen LogP) is 12.6. The summed E-state index contributed by atoms with van der Waals surface area (Å²) in [4.78, 5) is 12.4. The van der Waals surface area contributed by atoms with Gasteiger partial charge >= 0.3 is 0 Å². The zero-order valence-corrected chi connectivity index (χ0v) is 33.5. The topological polar surface area (TPSA) is 89.8 Å². The molecule has 0 saturated carbocycles. The molecule has 0 heterocycles. The summed E-state index contributed by atoms with van der Waals surface area (Å²) in [5.74, 6) is -0.323. The van der Waals surface area contributed by atoms with E-state index in [-0.39, 0.29) is 18.9 Å². The Morgan fingerprint density at radius 2 is 0.840 bits per heavy atom. The summed E-state index contributed by atoms with van der Waals surface area (Å²) in [7, 11) is 0. The molecule has 0 aromatic rings. The van der Waals surface area contributed by atoms with Gasteiger partial charge in [-0.1, -0.05) is 205 Å². The normalized spacial score (nSPS) is 13.8. The third kappa shape index (κ3) is 36.6. The average molecular weight is 706 g/mol. The van der Waals surface area contributed by atoms with Crippen molar-refractivity contribution >= 4 is 5.91 Å². The van der Waals surface area contributed by atoms with Crippen LogP contribution in [0.2, 0.25) is 0 Å². The summed E-state index contributed by atoms with van der Waals surface area (Å²) in [5.41, 5.74) is 0. The zero-order valence-electron chi connectivity index (χ0n) is 33.5. The number of unbranched alkanes of at least 4 members (excludes halogenated alkanes) is 29. The summed E-state index contributed by atoms with van der Waals surface area (Å²) >= 11 is 0. The third-order valence-electron chi connectivity index (χ3n) is 10.2. The van der Waals surface area contributed by atoms with Crippen LogP contribution < -0.4 is 5.32 Å². The fourth-order valence-corrected chi connectivity index (χ4v) is 6.81. The molecule has 4 N–H and O–H groups in total. The summed E-state index contributed by atoms with van der Waals surface area (Å²) < 4.78 is 0. The van der Waals surface area contributed by atoms with Gasteiger partial charge in [0.05, 0.1) is 31.3 Å². The van der Waals surface area contributed by atoms with E-state index in [0.717, 1.165) is 38.5 Å². The molecule has 0 fully saturated rings. The van der Waals surface area contributed by atoms with Crippen LogP contribution in [0.25, 0.3) is 0 Å². The largest absolute Gasteiger partial charge is 0.394 e. The molecule has 0 aromatic heterocycles.